The van der Waals surface area contributed by atoms with Crippen molar-refractivity contribution < 1.29 is 9.53 Å². The molecule has 128 valence electrons. The monoisotopic (exact) mass is 318 g/mol. The van der Waals surface area contributed by atoms with E-state index in [1.807, 2.05) is 0 Å². The van der Waals surface area contributed by atoms with Crippen LogP contribution in [0.2, 0.25) is 0 Å². The molecule has 23 heavy (non-hydrogen) atoms. The first-order chi connectivity index (χ1) is 11.0. The molecule has 0 radical (unpaired) electrons. The van der Waals surface area contributed by atoms with Crippen molar-refractivity contribution in [1.82, 2.24) is 0 Å². The van der Waals surface area contributed by atoms with Gasteiger partial charge in [-0.3, -0.25) is 4.79 Å². The molecule has 2 rings (SSSR count). The maximum Gasteiger partial charge on any atom is 0.224 e. The molecule has 1 aromatic rings. The Balaban J connectivity index is 2.09. The third-order valence-corrected chi connectivity index (χ3v) is 4.79. The van der Waals surface area contributed by atoms with Gasteiger partial charge in [-0.2, -0.15) is 0 Å². The van der Waals surface area contributed by atoms with Crippen molar-refractivity contribution >= 4 is 17.3 Å². The zero-order valence-corrected chi connectivity index (χ0v) is 14.9. The first-order valence-corrected chi connectivity index (χ1v) is 8.78. The van der Waals surface area contributed by atoms with E-state index < -0.39 is 0 Å². The van der Waals surface area contributed by atoms with Crippen LogP contribution in [0.3, 0.4) is 0 Å². The van der Waals surface area contributed by atoms with Crippen LogP contribution in [-0.4, -0.2) is 32.2 Å². The van der Waals surface area contributed by atoms with E-state index in [0.29, 0.717) is 12.3 Å². The molecule has 1 fully saturated rings. The number of anilines is 2. The van der Waals surface area contributed by atoms with Gasteiger partial charge in [0, 0.05) is 30.9 Å². The zero-order chi connectivity index (χ0) is 16.8. The molecule has 0 bridgehead atoms. The van der Waals surface area contributed by atoms with Crippen LogP contribution in [0.25, 0.3) is 0 Å². The number of benzene rings is 1. The average molecular weight is 318 g/mol. The zero-order valence-electron chi connectivity index (χ0n) is 14.9. The fourth-order valence-electron chi connectivity index (χ4n) is 3.17. The number of aryl methyl sites for hydroxylation is 2. The molecular weight excluding hydrogens is 288 g/mol. The van der Waals surface area contributed by atoms with E-state index in [2.05, 4.69) is 50.0 Å². The minimum atomic E-state index is 0.129. The number of ether oxygens (including phenoxy) is 1. The number of nitrogens with one attached hydrogen (secondary N) is 1. The maximum atomic E-state index is 12.3. The molecule has 1 amide bonds. The molecule has 1 N–H and O–H groups in total. The molecule has 1 heterocycles. The van der Waals surface area contributed by atoms with Gasteiger partial charge in [0.2, 0.25) is 5.91 Å². The smallest absolute Gasteiger partial charge is 0.224 e. The van der Waals surface area contributed by atoms with Gasteiger partial charge in [-0.1, -0.05) is 26.7 Å². The molecule has 1 saturated heterocycles. The quantitative estimate of drug-likeness (QED) is 0.865. The minimum Gasteiger partial charge on any atom is -0.378 e. The number of morpholine rings is 1. The van der Waals surface area contributed by atoms with Crippen LogP contribution in [-0.2, 0) is 9.53 Å². The molecule has 0 unspecified atom stereocenters. The molecule has 4 heteroatoms. The summed E-state index contributed by atoms with van der Waals surface area (Å²) < 4.78 is 5.42. The van der Waals surface area contributed by atoms with Crippen molar-refractivity contribution in [2.45, 2.75) is 47.0 Å². The van der Waals surface area contributed by atoms with Gasteiger partial charge in [-0.25, -0.2) is 0 Å². The SMILES string of the molecule is CCC(CC)CC(=O)Nc1c(C)cc(N2CCOCC2)cc1C. The fourth-order valence-corrected chi connectivity index (χ4v) is 3.17. The minimum absolute atomic E-state index is 0.129. The number of carbonyl (C=O) groups is 1. The summed E-state index contributed by atoms with van der Waals surface area (Å²) in [6, 6.07) is 4.34. The van der Waals surface area contributed by atoms with E-state index in [-0.39, 0.29) is 5.91 Å². The number of carbonyl (C=O) groups excluding carboxylic acids is 1. The Labute approximate surface area is 140 Å². The number of amides is 1. The van der Waals surface area contributed by atoms with Crippen molar-refractivity contribution in [3.8, 4) is 0 Å². The highest BCUT2D eigenvalue weighted by molar-refractivity contribution is 5.92. The van der Waals surface area contributed by atoms with Gasteiger partial charge in [0.15, 0.2) is 0 Å². The van der Waals surface area contributed by atoms with E-state index in [1.54, 1.807) is 0 Å². The summed E-state index contributed by atoms with van der Waals surface area (Å²) in [5.74, 6) is 0.604. The lowest BCUT2D eigenvalue weighted by Crippen LogP contribution is -2.36. The van der Waals surface area contributed by atoms with Crippen LogP contribution >= 0.6 is 0 Å². The van der Waals surface area contributed by atoms with E-state index in [1.165, 1.54) is 5.69 Å². The first-order valence-electron chi connectivity index (χ1n) is 8.78. The Hall–Kier alpha value is -1.55. The molecule has 1 aliphatic rings. The summed E-state index contributed by atoms with van der Waals surface area (Å²) in [7, 11) is 0. The second-order valence-corrected chi connectivity index (χ2v) is 6.49. The van der Waals surface area contributed by atoms with Crippen molar-refractivity contribution in [2.75, 3.05) is 36.5 Å². The lowest BCUT2D eigenvalue weighted by molar-refractivity contribution is -0.117. The van der Waals surface area contributed by atoms with Crippen LogP contribution in [0.15, 0.2) is 12.1 Å². The van der Waals surface area contributed by atoms with Crippen molar-refractivity contribution in [3.63, 3.8) is 0 Å². The third-order valence-electron chi connectivity index (χ3n) is 4.79. The second-order valence-electron chi connectivity index (χ2n) is 6.49. The number of nitrogens with zero attached hydrogens (tertiary/aromatic N) is 1. The standard InChI is InChI=1S/C19H30N2O2/c1-5-16(6-2)13-18(22)20-19-14(3)11-17(12-15(19)4)21-7-9-23-10-8-21/h11-12,16H,5-10,13H2,1-4H3,(H,20,22). The number of hydrogen-bond donors (Lipinski definition) is 1. The Kier molecular flexibility index (Phi) is 6.46. The molecule has 1 aliphatic heterocycles. The Morgan fingerprint density at radius 3 is 2.26 bits per heavy atom. The maximum absolute atomic E-state index is 12.3. The van der Waals surface area contributed by atoms with Gasteiger partial charge in [-0.05, 0) is 43.0 Å². The molecule has 0 aliphatic carbocycles. The second kappa shape index (κ2) is 8.34. The van der Waals surface area contributed by atoms with Gasteiger partial charge in [0.25, 0.3) is 0 Å². The summed E-state index contributed by atoms with van der Waals surface area (Å²) in [6.07, 6.45) is 2.72. The average Bonchev–Trinajstić information content (AvgIpc) is 2.56. The molecule has 0 saturated carbocycles. The summed E-state index contributed by atoms with van der Waals surface area (Å²) >= 11 is 0. The lowest BCUT2D eigenvalue weighted by atomic mass is 9.98. The van der Waals surface area contributed by atoms with Crippen LogP contribution in [0.5, 0.6) is 0 Å². The molecule has 4 nitrogen and oxygen atoms in total. The molecule has 0 spiro atoms. The highest BCUT2D eigenvalue weighted by Crippen LogP contribution is 2.28. The van der Waals surface area contributed by atoms with E-state index >= 15 is 0 Å². The molecule has 0 atom stereocenters. The first kappa shape index (κ1) is 17.8. The Morgan fingerprint density at radius 1 is 1.17 bits per heavy atom. The fraction of sp³-hybridized carbons (Fsp3) is 0.632. The van der Waals surface area contributed by atoms with E-state index in [9.17, 15) is 4.79 Å². The van der Waals surface area contributed by atoms with Crippen LogP contribution in [0, 0.1) is 19.8 Å². The van der Waals surface area contributed by atoms with Crippen LogP contribution in [0.4, 0.5) is 11.4 Å². The van der Waals surface area contributed by atoms with Crippen LogP contribution < -0.4 is 10.2 Å². The van der Waals surface area contributed by atoms with Gasteiger partial charge in [0.05, 0.1) is 13.2 Å². The molecule has 0 aromatic heterocycles. The topological polar surface area (TPSA) is 41.6 Å². The number of hydrogen-bond acceptors (Lipinski definition) is 3. The Bertz CT molecular complexity index is 509. The molecular formula is C19H30N2O2. The normalized spacial score (nSPS) is 15.1. The summed E-state index contributed by atoms with van der Waals surface area (Å²) in [5, 5.41) is 3.13. The summed E-state index contributed by atoms with van der Waals surface area (Å²) in [5.41, 5.74) is 4.45. The van der Waals surface area contributed by atoms with E-state index in [4.69, 9.17) is 4.74 Å². The molecule has 1 aromatic carbocycles. The number of rotatable bonds is 6. The van der Waals surface area contributed by atoms with Crippen molar-refractivity contribution in [1.29, 1.82) is 0 Å². The summed E-state index contributed by atoms with van der Waals surface area (Å²) in [6.45, 7) is 11.9. The summed E-state index contributed by atoms with van der Waals surface area (Å²) in [4.78, 5) is 14.6. The van der Waals surface area contributed by atoms with Gasteiger partial charge >= 0.3 is 0 Å². The van der Waals surface area contributed by atoms with Gasteiger partial charge in [-0.15, -0.1) is 0 Å². The predicted octanol–water partition coefficient (Wildman–Crippen LogP) is 3.90. The van der Waals surface area contributed by atoms with Crippen molar-refractivity contribution in [2.24, 2.45) is 5.92 Å². The highest BCUT2D eigenvalue weighted by Gasteiger charge is 2.16. The van der Waals surface area contributed by atoms with Gasteiger partial charge in [0.1, 0.15) is 0 Å². The Morgan fingerprint density at radius 2 is 1.74 bits per heavy atom. The third kappa shape index (κ3) is 4.71. The van der Waals surface area contributed by atoms with Gasteiger partial charge < -0.3 is 15.0 Å². The highest BCUT2D eigenvalue weighted by atomic mass is 16.5. The predicted molar refractivity (Wildman–Crippen MR) is 96.3 cm³/mol. The van der Waals surface area contributed by atoms with Crippen LogP contribution in [0.1, 0.15) is 44.2 Å². The lowest BCUT2D eigenvalue weighted by Gasteiger charge is -2.30. The largest absolute Gasteiger partial charge is 0.378 e. The van der Waals surface area contributed by atoms with E-state index in [0.717, 1.165) is 56.0 Å². The van der Waals surface area contributed by atoms with Crippen molar-refractivity contribution in [3.05, 3.63) is 23.3 Å².